The van der Waals surface area contributed by atoms with Crippen LogP contribution in [-0.2, 0) is 33.6 Å². The van der Waals surface area contributed by atoms with Gasteiger partial charge in [0.05, 0.1) is 0 Å². The number of likely N-dealkylation sites (N-methyl/N-ethyl adjacent to an activating group) is 2. The fraction of sp³-hybridized carbons (Fsp3) is 0.317. The number of hydrogen-bond acceptors (Lipinski definition) is 5. The van der Waals surface area contributed by atoms with E-state index >= 15 is 0 Å². The molecule has 0 fully saturated rings. The lowest BCUT2D eigenvalue weighted by molar-refractivity contribution is -0.146. The average molecular weight is 678 g/mol. The molecular formula is C41H48FN5O3. The van der Waals surface area contributed by atoms with Gasteiger partial charge >= 0.3 is 0 Å². The summed E-state index contributed by atoms with van der Waals surface area (Å²) in [6.45, 7) is 4.43. The first kappa shape index (κ1) is 37.7. The van der Waals surface area contributed by atoms with E-state index in [1.807, 2.05) is 93.7 Å². The van der Waals surface area contributed by atoms with Gasteiger partial charge in [0, 0.05) is 51.4 Å². The van der Waals surface area contributed by atoms with Gasteiger partial charge < -0.3 is 20.4 Å². The van der Waals surface area contributed by atoms with Crippen LogP contribution < -0.4 is 10.6 Å². The quantitative estimate of drug-likeness (QED) is 0.150. The number of aromatic nitrogens is 1. The molecule has 3 amide bonds. The van der Waals surface area contributed by atoms with Crippen LogP contribution in [0.4, 0.5) is 4.39 Å². The number of carbonyl (C=O) groups excluding carboxylic acids is 3. The molecule has 4 aromatic rings. The highest BCUT2D eigenvalue weighted by molar-refractivity contribution is 5.95. The molecule has 0 spiro atoms. The predicted octanol–water partition coefficient (Wildman–Crippen LogP) is 5.63. The van der Waals surface area contributed by atoms with E-state index in [0.717, 1.165) is 22.3 Å². The van der Waals surface area contributed by atoms with Gasteiger partial charge in [0.25, 0.3) is 0 Å². The molecule has 50 heavy (non-hydrogen) atoms. The van der Waals surface area contributed by atoms with Gasteiger partial charge in [-0.2, -0.15) is 0 Å². The van der Waals surface area contributed by atoms with Crippen molar-refractivity contribution < 1.29 is 18.8 Å². The van der Waals surface area contributed by atoms with Gasteiger partial charge in [0.15, 0.2) is 0 Å². The minimum Gasteiger partial charge on any atom is -0.354 e. The SMILES string of the molecule is CNC(C)(C)CC=CC(=O)N(C)[C@H](Cc1ccc(-c2ccccc2)cc1)C(=O)N(C)[C@H](Cc1ccc(F)cc1)C(=O)NCCc1ccncc1. The standard InChI is InChI=1S/C41H48FN5O3/c1-41(2,43-3)24-9-12-38(48)46(4)37(29-31-13-17-34(18-14-31)33-10-7-6-8-11-33)40(50)47(5)36(28-32-15-19-35(42)20-16-32)39(49)45-27-23-30-21-25-44-26-22-30/h6-22,25-26,36-37,43H,23-24,27-29H2,1-5H3,(H,45,49)/t36-,37-/m1/s1. The fourth-order valence-electron chi connectivity index (χ4n) is 5.54. The van der Waals surface area contributed by atoms with E-state index in [0.29, 0.717) is 24.9 Å². The topological polar surface area (TPSA) is 94.6 Å². The summed E-state index contributed by atoms with van der Waals surface area (Å²) in [4.78, 5) is 48.7. The Morgan fingerprint density at radius 3 is 1.98 bits per heavy atom. The number of rotatable bonds is 16. The van der Waals surface area contributed by atoms with Crippen molar-refractivity contribution in [1.29, 1.82) is 0 Å². The minimum atomic E-state index is -0.913. The molecule has 2 atom stereocenters. The number of nitrogens with zero attached hydrogens (tertiary/aromatic N) is 3. The molecule has 0 saturated carbocycles. The lowest BCUT2D eigenvalue weighted by atomic mass is 9.98. The van der Waals surface area contributed by atoms with Crippen molar-refractivity contribution in [1.82, 2.24) is 25.4 Å². The lowest BCUT2D eigenvalue weighted by Gasteiger charge is -2.34. The number of carbonyl (C=O) groups is 3. The number of nitrogens with one attached hydrogen (secondary N) is 2. The number of pyridine rings is 1. The van der Waals surface area contributed by atoms with Crippen LogP contribution in [0.3, 0.4) is 0 Å². The third kappa shape index (κ3) is 10.9. The van der Waals surface area contributed by atoms with Gasteiger partial charge in [0.1, 0.15) is 17.9 Å². The molecular weight excluding hydrogens is 629 g/mol. The van der Waals surface area contributed by atoms with E-state index in [-0.39, 0.29) is 41.9 Å². The molecule has 1 heterocycles. The van der Waals surface area contributed by atoms with E-state index in [1.54, 1.807) is 38.6 Å². The highest BCUT2D eigenvalue weighted by atomic mass is 19.1. The smallest absolute Gasteiger partial charge is 0.246 e. The molecule has 0 saturated heterocycles. The highest BCUT2D eigenvalue weighted by Gasteiger charge is 2.35. The van der Waals surface area contributed by atoms with Crippen molar-refractivity contribution >= 4 is 17.7 Å². The van der Waals surface area contributed by atoms with E-state index in [1.165, 1.54) is 28.0 Å². The zero-order valence-electron chi connectivity index (χ0n) is 29.6. The maximum Gasteiger partial charge on any atom is 0.246 e. The van der Waals surface area contributed by atoms with Crippen molar-refractivity contribution in [3.8, 4) is 11.1 Å². The summed E-state index contributed by atoms with van der Waals surface area (Å²) < 4.78 is 13.8. The van der Waals surface area contributed by atoms with Gasteiger partial charge in [-0.15, -0.1) is 0 Å². The first-order chi connectivity index (χ1) is 24.0. The Bertz CT molecular complexity index is 1710. The summed E-state index contributed by atoms with van der Waals surface area (Å²) in [6.07, 6.45) is 8.31. The third-order valence-corrected chi connectivity index (χ3v) is 9.08. The molecule has 0 bridgehead atoms. The van der Waals surface area contributed by atoms with E-state index in [9.17, 15) is 18.8 Å². The number of hydrogen-bond donors (Lipinski definition) is 2. The van der Waals surface area contributed by atoms with Crippen molar-refractivity contribution in [3.05, 3.63) is 138 Å². The molecule has 1 aromatic heterocycles. The van der Waals surface area contributed by atoms with Crippen LogP contribution in [0.25, 0.3) is 11.1 Å². The van der Waals surface area contributed by atoms with E-state index < -0.39 is 12.1 Å². The normalized spacial score (nSPS) is 12.7. The molecule has 262 valence electrons. The van der Waals surface area contributed by atoms with Crippen molar-refractivity contribution in [2.45, 2.75) is 57.2 Å². The summed E-state index contributed by atoms with van der Waals surface area (Å²) in [7, 11) is 5.08. The number of benzene rings is 3. The second-order valence-electron chi connectivity index (χ2n) is 13.2. The van der Waals surface area contributed by atoms with Crippen LogP contribution in [-0.4, -0.2) is 77.8 Å². The first-order valence-corrected chi connectivity index (χ1v) is 16.9. The van der Waals surface area contributed by atoms with E-state index in [2.05, 4.69) is 15.6 Å². The highest BCUT2D eigenvalue weighted by Crippen LogP contribution is 2.22. The van der Waals surface area contributed by atoms with Crippen LogP contribution >= 0.6 is 0 Å². The Labute approximate surface area is 295 Å². The maximum absolute atomic E-state index is 14.5. The van der Waals surface area contributed by atoms with Crippen molar-refractivity contribution in [3.63, 3.8) is 0 Å². The molecule has 0 aliphatic rings. The molecule has 8 nitrogen and oxygen atoms in total. The summed E-state index contributed by atoms with van der Waals surface area (Å²) >= 11 is 0. The predicted molar refractivity (Wildman–Crippen MR) is 197 cm³/mol. The molecule has 0 aliphatic heterocycles. The van der Waals surface area contributed by atoms with Crippen LogP contribution in [0, 0.1) is 5.82 Å². The Balaban J connectivity index is 1.60. The average Bonchev–Trinajstić information content (AvgIpc) is 3.13. The molecule has 2 N–H and O–H groups in total. The molecule has 0 unspecified atom stereocenters. The number of amides is 3. The largest absolute Gasteiger partial charge is 0.354 e. The Morgan fingerprint density at radius 1 is 0.780 bits per heavy atom. The Morgan fingerprint density at radius 2 is 1.36 bits per heavy atom. The molecule has 9 heteroatoms. The monoisotopic (exact) mass is 677 g/mol. The lowest BCUT2D eigenvalue weighted by Crippen LogP contribution is -2.56. The maximum atomic E-state index is 14.5. The van der Waals surface area contributed by atoms with Gasteiger partial charge in [-0.25, -0.2) is 4.39 Å². The number of halogens is 1. The summed E-state index contributed by atoms with van der Waals surface area (Å²) in [5, 5.41) is 6.20. The van der Waals surface area contributed by atoms with Crippen molar-refractivity contribution in [2.75, 3.05) is 27.7 Å². The molecule has 4 rings (SSSR count). The Hall–Kier alpha value is -5.15. The van der Waals surface area contributed by atoms with Crippen LogP contribution in [0.1, 0.15) is 37.0 Å². The summed E-state index contributed by atoms with van der Waals surface area (Å²) in [6, 6.07) is 25.8. The third-order valence-electron chi connectivity index (χ3n) is 9.08. The molecule has 0 aliphatic carbocycles. The zero-order chi connectivity index (χ0) is 36.1. The van der Waals surface area contributed by atoms with Gasteiger partial charge in [-0.3, -0.25) is 19.4 Å². The molecule has 0 radical (unpaired) electrons. The van der Waals surface area contributed by atoms with Gasteiger partial charge in [0.2, 0.25) is 17.7 Å². The van der Waals surface area contributed by atoms with E-state index in [4.69, 9.17) is 0 Å². The summed E-state index contributed by atoms with van der Waals surface area (Å²) in [5.41, 5.74) is 4.50. The van der Waals surface area contributed by atoms with Crippen LogP contribution in [0.15, 0.2) is 116 Å². The zero-order valence-corrected chi connectivity index (χ0v) is 29.6. The minimum absolute atomic E-state index is 0.165. The molecule has 3 aromatic carbocycles. The van der Waals surface area contributed by atoms with Gasteiger partial charge in [-0.05, 0) is 91.9 Å². The Kier molecular flexibility index (Phi) is 13.6. The second kappa shape index (κ2) is 18.0. The van der Waals surface area contributed by atoms with Gasteiger partial charge in [-0.1, -0.05) is 72.8 Å². The first-order valence-electron chi connectivity index (χ1n) is 16.9. The van der Waals surface area contributed by atoms with Crippen LogP contribution in [0.5, 0.6) is 0 Å². The van der Waals surface area contributed by atoms with Crippen molar-refractivity contribution in [2.24, 2.45) is 0 Å². The second-order valence-corrected chi connectivity index (χ2v) is 13.2. The fourth-order valence-corrected chi connectivity index (χ4v) is 5.54. The summed E-state index contributed by atoms with van der Waals surface area (Å²) in [5.74, 6) is -1.43. The van der Waals surface area contributed by atoms with Crippen LogP contribution in [0.2, 0.25) is 0 Å².